The van der Waals surface area contributed by atoms with Gasteiger partial charge in [-0.1, -0.05) is 5.16 Å². The van der Waals surface area contributed by atoms with E-state index in [1.54, 1.807) is 0 Å². The molecule has 100 valence electrons. The van der Waals surface area contributed by atoms with Crippen molar-refractivity contribution in [2.45, 2.75) is 25.5 Å². The summed E-state index contributed by atoms with van der Waals surface area (Å²) in [5.74, 6) is 2.11. The van der Waals surface area contributed by atoms with Crippen LogP contribution in [0.2, 0.25) is 0 Å². The summed E-state index contributed by atoms with van der Waals surface area (Å²) in [6, 6.07) is 0.208. The second-order valence-corrected chi connectivity index (χ2v) is 5.21. The number of nitrogens with zero attached hydrogens (tertiary/aromatic N) is 3. The number of aromatic nitrogens is 2. The van der Waals surface area contributed by atoms with E-state index in [1.807, 2.05) is 0 Å². The van der Waals surface area contributed by atoms with Gasteiger partial charge in [0.15, 0.2) is 5.82 Å². The van der Waals surface area contributed by atoms with E-state index in [2.05, 4.69) is 27.4 Å². The summed E-state index contributed by atoms with van der Waals surface area (Å²) in [4.78, 5) is 6.66. The summed E-state index contributed by atoms with van der Waals surface area (Å²) in [6.07, 6.45) is 2.60. The molecule has 2 heterocycles. The first kappa shape index (κ1) is 12.1. The molecule has 1 atom stereocenters. The van der Waals surface area contributed by atoms with Crippen molar-refractivity contribution in [3.63, 3.8) is 0 Å². The van der Waals surface area contributed by atoms with E-state index < -0.39 is 0 Å². The lowest BCUT2D eigenvalue weighted by Gasteiger charge is -2.30. The van der Waals surface area contributed by atoms with Crippen molar-refractivity contribution in [2.24, 2.45) is 5.92 Å². The fourth-order valence-corrected chi connectivity index (χ4v) is 2.15. The minimum atomic E-state index is 0.208. The molecule has 1 aromatic heterocycles. The van der Waals surface area contributed by atoms with E-state index in [9.17, 15) is 0 Å². The van der Waals surface area contributed by atoms with Crippen LogP contribution in [0.1, 0.15) is 30.6 Å². The molecule has 0 bridgehead atoms. The van der Waals surface area contributed by atoms with Crippen molar-refractivity contribution in [2.75, 3.05) is 33.3 Å². The van der Waals surface area contributed by atoms with Crippen LogP contribution in [0.15, 0.2) is 4.52 Å². The van der Waals surface area contributed by atoms with E-state index in [0.717, 1.165) is 38.0 Å². The summed E-state index contributed by atoms with van der Waals surface area (Å²) >= 11 is 0. The van der Waals surface area contributed by atoms with Gasteiger partial charge in [-0.3, -0.25) is 4.90 Å². The predicted octanol–water partition coefficient (Wildman–Crippen LogP) is 0.572. The van der Waals surface area contributed by atoms with Gasteiger partial charge in [0.05, 0.1) is 12.6 Å². The van der Waals surface area contributed by atoms with Crippen LogP contribution in [0, 0.1) is 5.92 Å². The van der Waals surface area contributed by atoms with Crippen LogP contribution >= 0.6 is 0 Å². The molecule has 1 aliphatic carbocycles. The molecular formula is C12H20N4O2. The Morgan fingerprint density at radius 2 is 2.39 bits per heavy atom. The molecule has 6 heteroatoms. The lowest BCUT2D eigenvalue weighted by molar-refractivity contribution is 0.0894. The molecule has 0 spiro atoms. The highest BCUT2D eigenvalue weighted by Gasteiger charge is 2.25. The Morgan fingerprint density at radius 1 is 1.50 bits per heavy atom. The Balaban J connectivity index is 1.54. The van der Waals surface area contributed by atoms with Crippen LogP contribution < -0.4 is 5.32 Å². The van der Waals surface area contributed by atoms with Gasteiger partial charge in [0.1, 0.15) is 6.61 Å². The van der Waals surface area contributed by atoms with Crippen LogP contribution in [-0.4, -0.2) is 48.3 Å². The maximum absolute atomic E-state index is 5.55. The molecule has 1 N–H and O–H groups in total. The van der Waals surface area contributed by atoms with E-state index in [4.69, 9.17) is 9.26 Å². The smallest absolute Gasteiger partial charge is 0.252 e. The summed E-state index contributed by atoms with van der Waals surface area (Å²) in [5.41, 5.74) is 0. The van der Waals surface area contributed by atoms with Crippen LogP contribution in [0.3, 0.4) is 0 Å². The minimum absolute atomic E-state index is 0.208. The van der Waals surface area contributed by atoms with Crippen LogP contribution in [0.5, 0.6) is 0 Å². The second kappa shape index (κ2) is 5.34. The first-order chi connectivity index (χ1) is 8.83. The summed E-state index contributed by atoms with van der Waals surface area (Å²) in [5, 5.41) is 7.40. The summed E-state index contributed by atoms with van der Waals surface area (Å²) in [7, 11) is 2.09. The standard InChI is InChI=1S/C12H20N4O2/c1-16-5-4-13-6-10(16)12-14-11(18-15-12)8-17-7-9-2-3-9/h9-10,13H,2-8H2,1H3. The molecule has 1 unspecified atom stereocenters. The summed E-state index contributed by atoms with van der Waals surface area (Å²) < 4.78 is 10.8. The number of ether oxygens (including phenoxy) is 1. The number of hydrogen-bond donors (Lipinski definition) is 1. The van der Waals surface area contributed by atoms with Gasteiger partial charge in [0.25, 0.3) is 5.89 Å². The molecule has 18 heavy (non-hydrogen) atoms. The molecule has 6 nitrogen and oxygen atoms in total. The molecule has 1 aliphatic heterocycles. The highest BCUT2D eigenvalue weighted by Crippen LogP contribution is 2.29. The minimum Gasteiger partial charge on any atom is -0.371 e. The third kappa shape index (κ3) is 2.88. The number of likely N-dealkylation sites (N-methyl/N-ethyl adjacent to an activating group) is 1. The fourth-order valence-electron chi connectivity index (χ4n) is 2.15. The number of rotatable bonds is 5. The number of hydrogen-bond acceptors (Lipinski definition) is 6. The highest BCUT2D eigenvalue weighted by molar-refractivity contribution is 4.97. The molecule has 2 aliphatic rings. The molecule has 1 saturated heterocycles. The van der Waals surface area contributed by atoms with Gasteiger partial charge in [-0.15, -0.1) is 0 Å². The Hall–Kier alpha value is -0.980. The Bertz CT molecular complexity index is 391. The third-order valence-corrected chi connectivity index (χ3v) is 3.57. The lowest BCUT2D eigenvalue weighted by atomic mass is 10.2. The van der Waals surface area contributed by atoms with Crippen LogP contribution in [0.25, 0.3) is 0 Å². The molecule has 2 fully saturated rings. The van der Waals surface area contributed by atoms with Gasteiger partial charge in [0, 0.05) is 19.6 Å². The molecular weight excluding hydrogens is 232 g/mol. The zero-order valence-corrected chi connectivity index (χ0v) is 10.8. The van der Waals surface area contributed by atoms with E-state index in [-0.39, 0.29) is 6.04 Å². The van der Waals surface area contributed by atoms with Gasteiger partial charge in [-0.2, -0.15) is 4.98 Å². The summed E-state index contributed by atoms with van der Waals surface area (Å²) in [6.45, 7) is 4.16. The Labute approximate surface area is 107 Å². The quantitative estimate of drug-likeness (QED) is 0.826. The first-order valence-corrected chi connectivity index (χ1v) is 6.64. The third-order valence-electron chi connectivity index (χ3n) is 3.57. The zero-order chi connectivity index (χ0) is 12.4. The topological polar surface area (TPSA) is 63.4 Å². The van der Waals surface area contributed by atoms with Gasteiger partial charge in [0.2, 0.25) is 0 Å². The number of piperazine rings is 1. The molecule has 0 radical (unpaired) electrons. The van der Waals surface area contributed by atoms with Crippen molar-refractivity contribution >= 4 is 0 Å². The normalized spacial score (nSPS) is 25.5. The monoisotopic (exact) mass is 252 g/mol. The van der Waals surface area contributed by atoms with Crippen LogP contribution in [0.4, 0.5) is 0 Å². The Morgan fingerprint density at radius 3 is 3.17 bits per heavy atom. The van der Waals surface area contributed by atoms with Gasteiger partial charge in [-0.25, -0.2) is 0 Å². The maximum atomic E-state index is 5.55. The van der Waals surface area contributed by atoms with E-state index >= 15 is 0 Å². The molecule has 0 amide bonds. The second-order valence-electron chi connectivity index (χ2n) is 5.21. The lowest BCUT2D eigenvalue weighted by Crippen LogP contribution is -2.44. The molecule has 0 aromatic carbocycles. The van der Waals surface area contributed by atoms with E-state index in [0.29, 0.717) is 12.5 Å². The Kier molecular flexibility index (Phi) is 3.58. The van der Waals surface area contributed by atoms with Crippen molar-refractivity contribution in [1.29, 1.82) is 0 Å². The van der Waals surface area contributed by atoms with Crippen molar-refractivity contribution in [3.05, 3.63) is 11.7 Å². The molecule has 1 aromatic rings. The van der Waals surface area contributed by atoms with Crippen LogP contribution in [-0.2, 0) is 11.3 Å². The van der Waals surface area contributed by atoms with Gasteiger partial charge < -0.3 is 14.6 Å². The van der Waals surface area contributed by atoms with Crippen molar-refractivity contribution in [3.8, 4) is 0 Å². The number of nitrogens with one attached hydrogen (secondary N) is 1. The molecule has 1 saturated carbocycles. The zero-order valence-electron chi connectivity index (χ0n) is 10.8. The predicted molar refractivity (Wildman–Crippen MR) is 64.9 cm³/mol. The van der Waals surface area contributed by atoms with Gasteiger partial charge >= 0.3 is 0 Å². The average molecular weight is 252 g/mol. The van der Waals surface area contributed by atoms with Crippen molar-refractivity contribution < 1.29 is 9.26 Å². The van der Waals surface area contributed by atoms with E-state index in [1.165, 1.54) is 12.8 Å². The van der Waals surface area contributed by atoms with Crippen molar-refractivity contribution in [1.82, 2.24) is 20.4 Å². The first-order valence-electron chi connectivity index (χ1n) is 6.64. The van der Waals surface area contributed by atoms with Gasteiger partial charge in [-0.05, 0) is 25.8 Å². The molecule has 3 rings (SSSR count). The largest absolute Gasteiger partial charge is 0.371 e. The highest BCUT2D eigenvalue weighted by atomic mass is 16.5. The SMILES string of the molecule is CN1CCNCC1c1noc(COCC2CC2)n1. The maximum Gasteiger partial charge on any atom is 0.252 e. The average Bonchev–Trinajstić information content (AvgIpc) is 3.08. The fraction of sp³-hybridized carbons (Fsp3) is 0.833.